The van der Waals surface area contributed by atoms with Crippen molar-refractivity contribution in [3.63, 3.8) is 0 Å². The van der Waals surface area contributed by atoms with E-state index in [0.717, 1.165) is 18.6 Å². The first-order valence-corrected chi connectivity index (χ1v) is 9.06. The first-order valence-electron chi connectivity index (χ1n) is 9.06. The van der Waals surface area contributed by atoms with E-state index >= 15 is 0 Å². The molecule has 0 radical (unpaired) electrons. The van der Waals surface area contributed by atoms with Gasteiger partial charge in [-0.25, -0.2) is 9.69 Å². The molecule has 3 amide bonds. The molecule has 1 aromatic carbocycles. The van der Waals surface area contributed by atoms with E-state index in [2.05, 4.69) is 5.32 Å². The largest absolute Gasteiger partial charge is 0.416 e. The van der Waals surface area contributed by atoms with Crippen LogP contribution in [-0.4, -0.2) is 60.6 Å². The third kappa shape index (κ3) is 4.35. The van der Waals surface area contributed by atoms with Crippen LogP contribution < -0.4 is 10.2 Å². The third-order valence-corrected chi connectivity index (χ3v) is 4.94. The first-order chi connectivity index (χ1) is 12.8. The van der Waals surface area contributed by atoms with Crippen LogP contribution in [0.2, 0.25) is 0 Å². The minimum Gasteiger partial charge on any atom is -0.369 e. The smallest absolute Gasteiger partial charge is 0.369 e. The molecule has 0 aliphatic carbocycles. The van der Waals surface area contributed by atoms with Crippen LogP contribution >= 0.6 is 0 Å². The number of nitrogens with one attached hydrogen (secondary N) is 1. The average Bonchev–Trinajstić information content (AvgIpc) is 2.90. The molecule has 0 unspecified atom stereocenters. The van der Waals surface area contributed by atoms with Crippen LogP contribution in [0.25, 0.3) is 0 Å². The van der Waals surface area contributed by atoms with Crippen molar-refractivity contribution in [3.05, 3.63) is 29.8 Å². The quantitative estimate of drug-likeness (QED) is 0.793. The molecule has 2 heterocycles. The minimum absolute atomic E-state index is 0.206. The Morgan fingerprint density at radius 3 is 2.48 bits per heavy atom. The van der Waals surface area contributed by atoms with E-state index in [4.69, 9.17) is 0 Å². The summed E-state index contributed by atoms with van der Waals surface area (Å²) in [5, 5.41) is 2.69. The number of anilines is 1. The lowest BCUT2D eigenvalue weighted by molar-refractivity contribution is -0.137. The molecule has 0 spiro atoms. The average molecular weight is 384 g/mol. The maximum atomic E-state index is 12.9. The molecule has 148 valence electrons. The van der Waals surface area contributed by atoms with Gasteiger partial charge in [-0.15, -0.1) is 0 Å². The highest BCUT2D eigenvalue weighted by atomic mass is 19.4. The molecule has 0 aromatic heterocycles. The number of carbonyl (C=O) groups excluding carboxylic acids is 2. The fourth-order valence-corrected chi connectivity index (χ4v) is 3.42. The molecule has 2 aliphatic rings. The maximum Gasteiger partial charge on any atom is 0.416 e. The summed E-state index contributed by atoms with van der Waals surface area (Å²) in [6.45, 7) is 4.35. The minimum atomic E-state index is -4.36. The van der Waals surface area contributed by atoms with Gasteiger partial charge in [0.05, 0.1) is 12.2 Å². The predicted molar refractivity (Wildman–Crippen MR) is 94.2 cm³/mol. The standard InChI is InChI=1S/C18H23F3N4O2/c1-2-4-15-16(26)25(17(27)22-15)12-23-7-9-24(10-8-23)14-6-3-5-13(11-14)18(19,20)21/h3,5-6,11,15H,2,4,7-10,12H2,1H3,(H,22,27)/t15-/m0/s1. The van der Waals surface area contributed by atoms with E-state index in [1.807, 2.05) is 16.7 Å². The number of nitrogens with zero attached hydrogens (tertiary/aromatic N) is 3. The van der Waals surface area contributed by atoms with Crippen LogP contribution in [0.5, 0.6) is 0 Å². The summed E-state index contributed by atoms with van der Waals surface area (Å²) < 4.78 is 38.6. The lowest BCUT2D eigenvalue weighted by Gasteiger charge is -2.37. The maximum absolute atomic E-state index is 12.9. The van der Waals surface area contributed by atoms with Gasteiger partial charge in [0.2, 0.25) is 0 Å². The van der Waals surface area contributed by atoms with Crippen LogP contribution in [0.1, 0.15) is 25.3 Å². The van der Waals surface area contributed by atoms with E-state index in [0.29, 0.717) is 38.3 Å². The van der Waals surface area contributed by atoms with Crippen molar-refractivity contribution < 1.29 is 22.8 Å². The van der Waals surface area contributed by atoms with Gasteiger partial charge in [0.1, 0.15) is 6.04 Å². The van der Waals surface area contributed by atoms with Crippen LogP contribution in [0.3, 0.4) is 0 Å². The van der Waals surface area contributed by atoms with Gasteiger partial charge >= 0.3 is 12.2 Å². The summed E-state index contributed by atoms with van der Waals surface area (Å²) in [6.07, 6.45) is -2.94. The van der Waals surface area contributed by atoms with Crippen molar-refractivity contribution in [1.82, 2.24) is 15.1 Å². The number of amides is 3. The fraction of sp³-hybridized carbons (Fsp3) is 0.556. The summed E-state index contributed by atoms with van der Waals surface area (Å²) in [7, 11) is 0. The molecular weight excluding hydrogens is 361 g/mol. The van der Waals surface area contributed by atoms with Crippen molar-refractivity contribution in [2.45, 2.75) is 32.0 Å². The SMILES string of the molecule is CCC[C@@H]1NC(=O)N(CN2CCN(c3cccc(C(F)(F)F)c3)CC2)C1=O. The number of hydrogen-bond acceptors (Lipinski definition) is 4. The molecule has 1 aromatic rings. The molecule has 1 atom stereocenters. The number of halogens is 3. The second-order valence-corrected chi connectivity index (χ2v) is 6.85. The van der Waals surface area contributed by atoms with Crippen LogP contribution in [0, 0.1) is 0 Å². The number of urea groups is 1. The van der Waals surface area contributed by atoms with Crippen molar-refractivity contribution in [1.29, 1.82) is 0 Å². The van der Waals surface area contributed by atoms with E-state index in [1.165, 1.54) is 11.0 Å². The Hall–Kier alpha value is -2.29. The Balaban J connectivity index is 1.57. The molecule has 9 heteroatoms. The normalized spacial score (nSPS) is 21.7. The predicted octanol–water partition coefficient (Wildman–Crippen LogP) is 2.51. The van der Waals surface area contributed by atoms with Gasteiger partial charge in [-0.05, 0) is 24.6 Å². The number of benzene rings is 1. The molecule has 2 saturated heterocycles. The van der Waals surface area contributed by atoms with Crippen molar-refractivity contribution >= 4 is 17.6 Å². The Labute approximate surface area is 155 Å². The number of alkyl halides is 3. The van der Waals surface area contributed by atoms with Crippen molar-refractivity contribution in [3.8, 4) is 0 Å². The van der Waals surface area contributed by atoms with Crippen LogP contribution in [0.4, 0.5) is 23.7 Å². The monoisotopic (exact) mass is 384 g/mol. The highest BCUT2D eigenvalue weighted by molar-refractivity contribution is 6.04. The van der Waals surface area contributed by atoms with Gasteiger partial charge in [-0.2, -0.15) is 13.2 Å². The second-order valence-electron chi connectivity index (χ2n) is 6.85. The van der Waals surface area contributed by atoms with Gasteiger partial charge in [0.25, 0.3) is 5.91 Å². The molecule has 27 heavy (non-hydrogen) atoms. The van der Waals surface area contributed by atoms with Gasteiger partial charge in [-0.3, -0.25) is 9.69 Å². The molecule has 1 N–H and O–H groups in total. The van der Waals surface area contributed by atoms with Crippen molar-refractivity contribution in [2.24, 2.45) is 0 Å². The molecule has 2 aliphatic heterocycles. The molecule has 0 bridgehead atoms. The zero-order chi connectivity index (χ0) is 19.6. The molecular formula is C18H23F3N4O2. The first kappa shape index (κ1) is 19.5. The topological polar surface area (TPSA) is 55.9 Å². The lowest BCUT2D eigenvalue weighted by Crippen LogP contribution is -2.51. The summed E-state index contributed by atoms with van der Waals surface area (Å²) >= 11 is 0. The Morgan fingerprint density at radius 2 is 1.85 bits per heavy atom. The Bertz CT molecular complexity index is 702. The molecule has 0 saturated carbocycles. The summed E-state index contributed by atoms with van der Waals surface area (Å²) in [6, 6.07) is 4.46. The Kier molecular flexibility index (Phi) is 5.59. The van der Waals surface area contributed by atoms with E-state index in [-0.39, 0.29) is 18.6 Å². The van der Waals surface area contributed by atoms with E-state index in [9.17, 15) is 22.8 Å². The van der Waals surface area contributed by atoms with Crippen molar-refractivity contribution in [2.75, 3.05) is 37.7 Å². The molecule has 2 fully saturated rings. The highest BCUT2D eigenvalue weighted by Crippen LogP contribution is 2.31. The fourth-order valence-electron chi connectivity index (χ4n) is 3.42. The number of imide groups is 1. The zero-order valence-electron chi connectivity index (χ0n) is 15.1. The van der Waals surface area contributed by atoms with Crippen LogP contribution in [0.15, 0.2) is 24.3 Å². The van der Waals surface area contributed by atoms with Crippen LogP contribution in [-0.2, 0) is 11.0 Å². The van der Waals surface area contributed by atoms with Gasteiger partial charge in [-0.1, -0.05) is 19.4 Å². The van der Waals surface area contributed by atoms with Gasteiger partial charge in [0, 0.05) is 31.9 Å². The van der Waals surface area contributed by atoms with E-state index < -0.39 is 17.8 Å². The number of piperazine rings is 1. The summed E-state index contributed by atoms with van der Waals surface area (Å²) in [4.78, 5) is 29.4. The highest BCUT2D eigenvalue weighted by Gasteiger charge is 2.38. The summed E-state index contributed by atoms with van der Waals surface area (Å²) in [5.74, 6) is -0.206. The second kappa shape index (κ2) is 7.75. The summed E-state index contributed by atoms with van der Waals surface area (Å²) in [5.41, 5.74) is -0.133. The third-order valence-electron chi connectivity index (χ3n) is 4.94. The molecule has 3 rings (SSSR count). The zero-order valence-corrected chi connectivity index (χ0v) is 15.1. The van der Waals surface area contributed by atoms with Gasteiger partial charge in [0.15, 0.2) is 0 Å². The van der Waals surface area contributed by atoms with Gasteiger partial charge < -0.3 is 10.2 Å². The van der Waals surface area contributed by atoms with E-state index in [1.54, 1.807) is 6.07 Å². The number of rotatable bonds is 5. The number of carbonyl (C=O) groups is 2. The Morgan fingerprint density at radius 1 is 1.15 bits per heavy atom. The lowest BCUT2D eigenvalue weighted by atomic mass is 10.1. The molecule has 6 nitrogen and oxygen atoms in total. The number of hydrogen-bond donors (Lipinski definition) is 1.